The number of benzene rings is 3. The van der Waals surface area contributed by atoms with Crippen molar-refractivity contribution in [1.82, 2.24) is 10.6 Å². The van der Waals surface area contributed by atoms with Gasteiger partial charge in [-0.25, -0.2) is 8.78 Å². The number of alkyl halides is 3. The maximum atomic E-state index is 14.3. The minimum atomic E-state index is -4.79. The molecule has 1 amide bonds. The molecule has 0 bridgehead atoms. The zero-order chi connectivity index (χ0) is 29.9. The number of carbonyl (C=O) groups is 1. The van der Waals surface area contributed by atoms with Gasteiger partial charge in [0.15, 0.2) is 0 Å². The van der Waals surface area contributed by atoms with E-state index in [1.807, 2.05) is 6.92 Å². The van der Waals surface area contributed by atoms with Crippen molar-refractivity contribution in [2.45, 2.75) is 19.1 Å². The van der Waals surface area contributed by atoms with Crippen molar-refractivity contribution in [2.24, 2.45) is 10.4 Å². The molecule has 5 rings (SSSR count). The third-order valence-electron chi connectivity index (χ3n) is 7.41. The van der Waals surface area contributed by atoms with Gasteiger partial charge in [0, 0.05) is 64.2 Å². The van der Waals surface area contributed by atoms with Crippen molar-refractivity contribution in [2.75, 3.05) is 31.2 Å². The largest absolute Gasteiger partial charge is 0.416 e. The number of amides is 1. The molecular formula is C29H25ClF5N5O. The molecule has 2 aliphatic heterocycles. The van der Waals surface area contributed by atoms with Crippen LogP contribution in [0.4, 0.5) is 33.3 Å². The maximum Gasteiger partial charge on any atom is 0.416 e. The molecule has 0 aliphatic carbocycles. The molecule has 0 aromatic heterocycles. The average molecular weight is 590 g/mol. The molecule has 0 spiro atoms. The minimum Gasteiger partial charge on any atom is -0.398 e. The lowest BCUT2D eigenvalue weighted by Gasteiger charge is -2.41. The molecule has 1 saturated heterocycles. The number of fused-ring (bicyclic) bond motifs is 1. The summed E-state index contributed by atoms with van der Waals surface area (Å²) in [5.74, 6) is -2.26. The van der Waals surface area contributed by atoms with Crippen molar-refractivity contribution in [3.8, 4) is 0 Å². The van der Waals surface area contributed by atoms with Crippen molar-refractivity contribution < 1.29 is 26.7 Å². The summed E-state index contributed by atoms with van der Waals surface area (Å²) in [5.41, 5.74) is 6.75. The number of aliphatic imine (C=N–C) groups is 1. The van der Waals surface area contributed by atoms with E-state index in [1.165, 1.54) is 18.2 Å². The summed E-state index contributed by atoms with van der Waals surface area (Å²) in [5, 5.41) is 9.11. The van der Waals surface area contributed by atoms with Gasteiger partial charge in [-0.05, 0) is 42.5 Å². The van der Waals surface area contributed by atoms with Crippen LogP contribution in [0.3, 0.4) is 0 Å². The summed E-state index contributed by atoms with van der Waals surface area (Å²) in [6, 6.07) is 6.41. The molecule has 2 aliphatic rings. The van der Waals surface area contributed by atoms with E-state index in [1.54, 1.807) is 13.1 Å². The fraction of sp³-hybridized carbons (Fsp3) is 0.241. The highest BCUT2D eigenvalue weighted by atomic mass is 35.5. The highest BCUT2D eigenvalue weighted by Crippen LogP contribution is 2.45. The SMILES string of the molecule is C=C(Nc1cc(C(=NC)C2(C)CNC2)c(N)c2c1C(c1cc(F)ccc1Cl)NC2=O)c1cc(F)cc(C(F)(F)F)c1. The number of anilines is 2. The van der Waals surface area contributed by atoms with E-state index in [-0.39, 0.29) is 44.3 Å². The van der Waals surface area contributed by atoms with Crippen LogP contribution in [0.15, 0.2) is 54.0 Å². The third kappa shape index (κ3) is 5.04. The van der Waals surface area contributed by atoms with Crippen molar-refractivity contribution in [3.63, 3.8) is 0 Å². The first kappa shape index (κ1) is 28.6. The molecule has 1 atom stereocenters. The maximum absolute atomic E-state index is 14.3. The van der Waals surface area contributed by atoms with Gasteiger partial charge in [0.25, 0.3) is 5.91 Å². The smallest absolute Gasteiger partial charge is 0.398 e. The number of hydrogen-bond donors (Lipinski definition) is 4. The average Bonchev–Trinajstić information content (AvgIpc) is 3.23. The fourth-order valence-corrected chi connectivity index (χ4v) is 5.57. The molecule has 5 N–H and O–H groups in total. The first-order valence-electron chi connectivity index (χ1n) is 12.5. The lowest BCUT2D eigenvalue weighted by atomic mass is 9.75. The minimum absolute atomic E-state index is 0.0791. The van der Waals surface area contributed by atoms with Crippen LogP contribution in [-0.4, -0.2) is 31.8 Å². The highest BCUT2D eigenvalue weighted by Gasteiger charge is 2.42. The van der Waals surface area contributed by atoms with E-state index < -0.39 is 40.7 Å². The Hall–Kier alpha value is -3.96. The second-order valence-electron chi connectivity index (χ2n) is 10.3. The van der Waals surface area contributed by atoms with Crippen molar-refractivity contribution >= 4 is 40.3 Å². The number of hydrogen-bond acceptors (Lipinski definition) is 5. The number of nitrogens with one attached hydrogen (secondary N) is 3. The standard InChI is InChI=1S/C29H25ClF5N5O/c1-13(14-6-15(29(33,34)35)8-17(32)7-14)39-21-10-19(26(37-3)28(2)11-38-12-28)24(36)23-22(21)25(40-27(23)41)18-9-16(31)4-5-20(18)30/h4-10,25,38-39H,1,11-12,36H2,2-3H3,(H,40,41). The van der Waals surface area contributed by atoms with Gasteiger partial charge in [0.05, 0.1) is 28.6 Å². The van der Waals surface area contributed by atoms with Gasteiger partial charge in [0.2, 0.25) is 0 Å². The van der Waals surface area contributed by atoms with E-state index in [4.69, 9.17) is 17.3 Å². The molecule has 41 heavy (non-hydrogen) atoms. The summed E-state index contributed by atoms with van der Waals surface area (Å²) in [4.78, 5) is 17.8. The number of rotatable bonds is 6. The Morgan fingerprint density at radius 3 is 2.46 bits per heavy atom. The lowest BCUT2D eigenvalue weighted by molar-refractivity contribution is -0.137. The van der Waals surface area contributed by atoms with E-state index in [0.29, 0.717) is 30.4 Å². The van der Waals surface area contributed by atoms with Crippen LogP contribution in [0.1, 0.15) is 51.1 Å². The Morgan fingerprint density at radius 1 is 1.15 bits per heavy atom. The third-order valence-corrected chi connectivity index (χ3v) is 7.75. The first-order chi connectivity index (χ1) is 19.2. The Labute approximate surface area is 237 Å². The number of carbonyl (C=O) groups excluding carboxylic acids is 1. The Morgan fingerprint density at radius 2 is 1.85 bits per heavy atom. The van der Waals surface area contributed by atoms with Gasteiger partial charge >= 0.3 is 6.18 Å². The summed E-state index contributed by atoms with van der Waals surface area (Å²) in [6.45, 7) is 7.02. The number of nitrogens with zero attached hydrogens (tertiary/aromatic N) is 1. The molecule has 0 saturated carbocycles. The summed E-state index contributed by atoms with van der Waals surface area (Å²) < 4.78 is 68.7. The number of halogens is 6. The second kappa shape index (κ2) is 10.1. The summed E-state index contributed by atoms with van der Waals surface area (Å²) in [7, 11) is 1.60. The lowest BCUT2D eigenvalue weighted by Crippen LogP contribution is -2.56. The zero-order valence-electron chi connectivity index (χ0n) is 21.9. The first-order valence-corrected chi connectivity index (χ1v) is 12.9. The molecular weight excluding hydrogens is 565 g/mol. The molecule has 0 radical (unpaired) electrons. The van der Waals surface area contributed by atoms with Crippen LogP contribution in [0.5, 0.6) is 0 Å². The van der Waals surface area contributed by atoms with Crippen molar-refractivity contribution in [3.05, 3.63) is 99.1 Å². The topological polar surface area (TPSA) is 91.5 Å². The summed E-state index contributed by atoms with van der Waals surface area (Å²) >= 11 is 6.39. The van der Waals surface area contributed by atoms with E-state index in [2.05, 4.69) is 27.5 Å². The molecule has 2 heterocycles. The molecule has 214 valence electrons. The molecule has 6 nitrogen and oxygen atoms in total. The van der Waals surface area contributed by atoms with Gasteiger partial charge in [0.1, 0.15) is 11.6 Å². The van der Waals surface area contributed by atoms with Gasteiger partial charge < -0.3 is 21.7 Å². The zero-order valence-corrected chi connectivity index (χ0v) is 22.7. The molecule has 1 fully saturated rings. The summed E-state index contributed by atoms with van der Waals surface area (Å²) in [6.07, 6.45) is -4.79. The predicted molar refractivity (Wildman–Crippen MR) is 149 cm³/mol. The Kier molecular flexibility index (Phi) is 7.07. The normalized spacial score (nSPS) is 18.0. The fourth-order valence-electron chi connectivity index (χ4n) is 5.35. The van der Waals surface area contributed by atoms with E-state index >= 15 is 0 Å². The number of nitrogens with two attached hydrogens (primary N) is 1. The van der Waals surface area contributed by atoms with E-state index in [9.17, 15) is 26.7 Å². The highest BCUT2D eigenvalue weighted by molar-refractivity contribution is 6.31. The second-order valence-corrected chi connectivity index (χ2v) is 10.7. The van der Waals surface area contributed by atoms with Gasteiger partial charge in [-0.2, -0.15) is 13.2 Å². The molecule has 3 aromatic carbocycles. The quantitative estimate of drug-likeness (QED) is 0.157. The van der Waals surface area contributed by atoms with Crippen LogP contribution in [0, 0.1) is 17.0 Å². The Balaban J connectivity index is 1.70. The van der Waals surface area contributed by atoms with Gasteiger partial charge in [-0.1, -0.05) is 25.1 Å². The molecule has 12 heteroatoms. The molecule has 3 aromatic rings. The van der Waals surface area contributed by atoms with Crippen LogP contribution in [-0.2, 0) is 6.18 Å². The van der Waals surface area contributed by atoms with E-state index in [0.717, 1.165) is 12.1 Å². The Bertz CT molecular complexity index is 1630. The van der Waals surface area contributed by atoms with Crippen LogP contribution in [0.2, 0.25) is 5.02 Å². The number of nitrogen functional groups attached to an aromatic ring is 1. The van der Waals surface area contributed by atoms with Crippen LogP contribution < -0.4 is 21.7 Å². The van der Waals surface area contributed by atoms with Crippen LogP contribution >= 0.6 is 11.6 Å². The van der Waals surface area contributed by atoms with Gasteiger partial charge in [-0.15, -0.1) is 0 Å². The van der Waals surface area contributed by atoms with Crippen LogP contribution in [0.25, 0.3) is 5.70 Å². The monoisotopic (exact) mass is 589 g/mol. The van der Waals surface area contributed by atoms with Gasteiger partial charge in [-0.3, -0.25) is 9.79 Å². The molecule has 1 unspecified atom stereocenters. The van der Waals surface area contributed by atoms with Crippen molar-refractivity contribution in [1.29, 1.82) is 0 Å². The predicted octanol–water partition coefficient (Wildman–Crippen LogP) is 6.16.